The first-order valence-corrected chi connectivity index (χ1v) is 34.9. The van der Waals surface area contributed by atoms with Gasteiger partial charge in [0.15, 0.2) is 6.10 Å². The highest BCUT2D eigenvalue weighted by molar-refractivity contribution is 5.71. The summed E-state index contributed by atoms with van der Waals surface area (Å²) in [7, 11) is 0. The Hall–Kier alpha value is -3.15. The molecule has 0 aromatic rings. The molecule has 1 atom stereocenters. The second-order valence-electron chi connectivity index (χ2n) is 23.4. The van der Waals surface area contributed by atoms with Crippen LogP contribution < -0.4 is 0 Å². The van der Waals surface area contributed by atoms with E-state index in [-0.39, 0.29) is 37.5 Å². The van der Waals surface area contributed by atoms with Gasteiger partial charge in [-0.15, -0.1) is 0 Å². The highest BCUT2D eigenvalue weighted by atomic mass is 16.6. The predicted molar refractivity (Wildman–Crippen MR) is 348 cm³/mol. The van der Waals surface area contributed by atoms with Crippen molar-refractivity contribution in [1.82, 2.24) is 0 Å². The molecule has 1 unspecified atom stereocenters. The summed E-state index contributed by atoms with van der Waals surface area (Å²) in [5.41, 5.74) is 0. The molecule has 0 aromatic carbocycles. The van der Waals surface area contributed by atoms with E-state index in [0.29, 0.717) is 19.3 Å². The van der Waals surface area contributed by atoms with Crippen LogP contribution in [-0.4, -0.2) is 37.2 Å². The molecule has 6 heteroatoms. The molecule has 0 heterocycles. The van der Waals surface area contributed by atoms with Gasteiger partial charge >= 0.3 is 17.9 Å². The van der Waals surface area contributed by atoms with E-state index >= 15 is 0 Å². The molecule has 0 fully saturated rings. The van der Waals surface area contributed by atoms with Gasteiger partial charge in [0.1, 0.15) is 13.2 Å². The Morgan fingerprint density at radius 2 is 0.512 bits per heavy atom. The molecule has 0 amide bonds. The van der Waals surface area contributed by atoms with E-state index in [1.54, 1.807) is 0 Å². The largest absolute Gasteiger partial charge is 0.462 e. The van der Waals surface area contributed by atoms with Crippen molar-refractivity contribution >= 4 is 17.9 Å². The molecule has 0 aliphatic heterocycles. The highest BCUT2D eigenvalue weighted by Gasteiger charge is 2.19. The summed E-state index contributed by atoms with van der Waals surface area (Å²) in [5, 5.41) is 0. The summed E-state index contributed by atoms with van der Waals surface area (Å²) in [6, 6.07) is 0. The zero-order valence-electron chi connectivity index (χ0n) is 53.3. The van der Waals surface area contributed by atoms with Crippen molar-refractivity contribution in [2.75, 3.05) is 13.2 Å². The molecule has 0 radical (unpaired) electrons. The molecule has 0 aliphatic carbocycles. The van der Waals surface area contributed by atoms with Gasteiger partial charge in [-0.1, -0.05) is 338 Å². The van der Waals surface area contributed by atoms with E-state index in [4.69, 9.17) is 14.2 Å². The van der Waals surface area contributed by atoms with Crippen LogP contribution in [0.3, 0.4) is 0 Å². The monoisotopic (exact) mass is 1120 g/mol. The van der Waals surface area contributed by atoms with Gasteiger partial charge in [0, 0.05) is 19.3 Å². The number of ether oxygens (including phenoxy) is 3. The minimum Gasteiger partial charge on any atom is -0.462 e. The molecule has 0 aromatic heterocycles. The zero-order chi connectivity index (χ0) is 57.8. The van der Waals surface area contributed by atoms with Gasteiger partial charge in [-0.2, -0.15) is 0 Å². The Balaban J connectivity index is 4.26. The van der Waals surface area contributed by atoms with Gasteiger partial charge in [0.25, 0.3) is 0 Å². The minimum absolute atomic E-state index is 0.0935. The van der Waals surface area contributed by atoms with Gasteiger partial charge in [-0.05, 0) is 77.0 Å². The number of carbonyl (C=O) groups excluding carboxylic acids is 3. The number of esters is 3. The van der Waals surface area contributed by atoms with Crippen LogP contribution in [0, 0.1) is 0 Å². The lowest BCUT2D eigenvalue weighted by molar-refractivity contribution is -0.166. The maximum absolute atomic E-state index is 12.9. The number of allylic oxidation sites excluding steroid dienone is 12. The third kappa shape index (κ3) is 65.7. The highest BCUT2D eigenvalue weighted by Crippen LogP contribution is 2.18. The van der Waals surface area contributed by atoms with E-state index in [1.165, 1.54) is 244 Å². The fourth-order valence-corrected chi connectivity index (χ4v) is 10.3. The lowest BCUT2D eigenvalue weighted by atomic mass is 10.0. The van der Waals surface area contributed by atoms with E-state index in [1.807, 2.05) is 6.08 Å². The van der Waals surface area contributed by atoms with Gasteiger partial charge in [0.2, 0.25) is 0 Å². The Morgan fingerprint density at radius 3 is 0.838 bits per heavy atom. The predicted octanol–water partition coefficient (Wildman–Crippen LogP) is 24.1. The van der Waals surface area contributed by atoms with Crippen LogP contribution in [0.5, 0.6) is 0 Å². The first kappa shape index (κ1) is 76.9. The van der Waals surface area contributed by atoms with Gasteiger partial charge < -0.3 is 14.2 Å². The number of rotatable bonds is 64. The third-order valence-corrected chi connectivity index (χ3v) is 15.5. The quantitative estimate of drug-likeness (QED) is 0.0261. The maximum atomic E-state index is 12.9. The molecule has 0 spiro atoms. The summed E-state index contributed by atoms with van der Waals surface area (Å²) in [6.07, 6.45) is 89.5. The summed E-state index contributed by atoms with van der Waals surface area (Å²) < 4.78 is 16.9. The Bertz CT molecular complexity index is 1470. The number of hydrogen-bond donors (Lipinski definition) is 0. The smallest absolute Gasteiger partial charge is 0.306 e. The fourth-order valence-electron chi connectivity index (χ4n) is 10.3. The van der Waals surface area contributed by atoms with Crippen LogP contribution in [-0.2, 0) is 28.6 Å². The van der Waals surface area contributed by atoms with Crippen molar-refractivity contribution in [2.45, 2.75) is 367 Å². The second kappa shape index (κ2) is 68.3. The molecule has 0 rings (SSSR count). The molecule has 0 saturated heterocycles. The van der Waals surface area contributed by atoms with Crippen molar-refractivity contribution in [1.29, 1.82) is 0 Å². The van der Waals surface area contributed by atoms with Crippen LogP contribution in [0.15, 0.2) is 72.9 Å². The topological polar surface area (TPSA) is 78.9 Å². The van der Waals surface area contributed by atoms with Crippen molar-refractivity contribution in [3.05, 3.63) is 72.9 Å². The van der Waals surface area contributed by atoms with Crippen LogP contribution in [0.2, 0.25) is 0 Å². The van der Waals surface area contributed by atoms with Crippen molar-refractivity contribution in [3.63, 3.8) is 0 Å². The molecule has 0 aliphatic rings. The van der Waals surface area contributed by atoms with E-state index < -0.39 is 6.10 Å². The van der Waals surface area contributed by atoms with Crippen molar-refractivity contribution in [3.8, 4) is 0 Å². The first-order valence-electron chi connectivity index (χ1n) is 34.9. The summed E-state index contributed by atoms with van der Waals surface area (Å²) in [4.78, 5) is 38.3. The lowest BCUT2D eigenvalue weighted by Crippen LogP contribution is -2.30. The molecule has 464 valence electrons. The maximum Gasteiger partial charge on any atom is 0.306 e. The van der Waals surface area contributed by atoms with Crippen LogP contribution in [0.4, 0.5) is 0 Å². The Morgan fingerprint density at radius 1 is 0.263 bits per heavy atom. The molecule has 0 N–H and O–H groups in total. The molecular formula is C74H132O6. The zero-order valence-corrected chi connectivity index (χ0v) is 53.3. The second-order valence-corrected chi connectivity index (χ2v) is 23.4. The Labute approximate surface area is 497 Å². The number of carbonyl (C=O) groups is 3. The molecule has 0 saturated carbocycles. The summed E-state index contributed by atoms with van der Waals surface area (Å²) in [5.74, 6) is -0.958. The standard InChI is InChI=1S/C74H132O6/c1-4-7-10-13-16-19-22-25-27-29-31-33-35-36-37-38-39-41-42-44-46-49-52-55-58-61-64-67-73(76)79-70-71(69-78-72(75)66-63-60-57-54-51-48-24-21-18-15-12-9-6-3)80-74(77)68-65-62-59-56-53-50-47-45-43-40-34-32-30-28-26-23-20-17-14-11-8-5-2/h9,12,18,21-22,25,29,31,48,51,57,60,71H,4-8,10-11,13-17,19-20,23-24,26-28,30,32-47,49-50,52-56,58-59,61-70H2,1-3H3/b12-9-,21-18-,25-22-,31-29-,51-48-,60-57-. The minimum atomic E-state index is -0.803. The molecule has 0 bridgehead atoms. The van der Waals surface area contributed by atoms with Gasteiger partial charge in [0.05, 0.1) is 0 Å². The summed E-state index contributed by atoms with van der Waals surface area (Å²) >= 11 is 0. The Kier molecular flexibility index (Phi) is 65.7. The van der Waals surface area contributed by atoms with Crippen molar-refractivity contribution in [2.24, 2.45) is 0 Å². The van der Waals surface area contributed by atoms with E-state index in [0.717, 1.165) is 70.6 Å². The number of hydrogen-bond acceptors (Lipinski definition) is 6. The van der Waals surface area contributed by atoms with Crippen LogP contribution >= 0.6 is 0 Å². The average Bonchev–Trinajstić information content (AvgIpc) is 3.46. The first-order chi connectivity index (χ1) is 39.5. The van der Waals surface area contributed by atoms with Crippen LogP contribution in [0.25, 0.3) is 0 Å². The van der Waals surface area contributed by atoms with E-state index in [9.17, 15) is 14.4 Å². The average molecular weight is 1120 g/mol. The van der Waals surface area contributed by atoms with Gasteiger partial charge in [-0.25, -0.2) is 0 Å². The molecule has 80 heavy (non-hydrogen) atoms. The normalized spacial score (nSPS) is 12.5. The fraction of sp³-hybridized carbons (Fsp3) is 0.797. The summed E-state index contributed by atoms with van der Waals surface area (Å²) in [6.45, 7) is 6.51. The van der Waals surface area contributed by atoms with E-state index in [2.05, 4.69) is 87.6 Å². The molecular weight excluding hydrogens is 985 g/mol. The van der Waals surface area contributed by atoms with Crippen LogP contribution in [0.1, 0.15) is 361 Å². The van der Waals surface area contributed by atoms with Gasteiger partial charge in [-0.3, -0.25) is 14.4 Å². The lowest BCUT2D eigenvalue weighted by Gasteiger charge is -2.18. The number of unbranched alkanes of at least 4 members (excludes halogenated alkanes) is 41. The SMILES string of the molecule is CC/C=C\C/C=C\C/C=C\C/C=C\CCC(=O)OCC(COC(=O)CCCCCCCCCCCCCCCCC/C=C\C/C=C\CCCCCCC)OC(=O)CCCCCCCCCCCCCCCCCCCCCCCC. The molecule has 6 nitrogen and oxygen atoms in total. The van der Waals surface area contributed by atoms with Crippen molar-refractivity contribution < 1.29 is 28.6 Å². The third-order valence-electron chi connectivity index (χ3n) is 15.5.